The van der Waals surface area contributed by atoms with Crippen molar-refractivity contribution >= 4 is 7.81 Å². The van der Waals surface area contributed by atoms with Crippen LogP contribution < -0.4 is 9.47 Å². The normalized spacial score (nSPS) is 15.3. The molecule has 0 bridgehead atoms. The molecule has 1 radical (unpaired) electrons. The van der Waals surface area contributed by atoms with Crippen LogP contribution in [0.15, 0.2) is 60.7 Å². The van der Waals surface area contributed by atoms with Crippen LogP contribution in [0.5, 0.6) is 23.0 Å². The Morgan fingerprint density at radius 3 is 1.59 bits per heavy atom. The van der Waals surface area contributed by atoms with Gasteiger partial charge in [0.2, 0.25) is 0 Å². The van der Waals surface area contributed by atoms with Crippen molar-refractivity contribution in [2.45, 2.75) is 13.8 Å². The van der Waals surface area contributed by atoms with Gasteiger partial charge in [-0.1, -0.05) is 42.5 Å². The van der Waals surface area contributed by atoms with E-state index in [1.807, 2.05) is 74.0 Å². The second kappa shape index (κ2) is 8.42. The summed E-state index contributed by atoms with van der Waals surface area (Å²) in [4.78, 5) is 0. The number of hydrogen-bond donors (Lipinski definition) is 0. The van der Waals surface area contributed by atoms with Crippen LogP contribution in [0.25, 0.3) is 0 Å². The Morgan fingerprint density at radius 2 is 1.14 bits per heavy atom. The molecule has 1 aliphatic carbocycles. The molecule has 0 fully saturated rings. The Morgan fingerprint density at radius 1 is 0.655 bits per heavy atom. The Hall–Kier alpha value is -1.95. The Kier molecular flexibility index (Phi) is 7.29. The second-order valence-electron chi connectivity index (χ2n) is 5.91. The first kappa shape index (κ1) is 25.1. The maximum atomic E-state index is 9.87. The molecule has 2 aromatic rings. The molecule has 4 rings (SSSR count). The fourth-order valence-corrected chi connectivity index (χ4v) is 2.14. The van der Waals surface area contributed by atoms with Crippen LogP contribution in [0.1, 0.15) is 11.1 Å². The third kappa shape index (κ3) is 9.88. The molecule has 1 aliphatic heterocycles. The van der Waals surface area contributed by atoms with Gasteiger partial charge in [-0.15, -0.1) is 0 Å². The van der Waals surface area contributed by atoms with Crippen LogP contribution in [0.4, 0.5) is 25.2 Å². The molecule has 0 unspecified atom stereocenters. The monoisotopic (exact) mass is 478 g/mol. The third-order valence-electron chi connectivity index (χ3n) is 3.48. The third-order valence-corrected chi connectivity index (χ3v) is 3.48. The maximum absolute atomic E-state index is 10.7. The van der Waals surface area contributed by atoms with E-state index >= 15 is 0 Å². The molecule has 0 N–H and O–H groups in total. The van der Waals surface area contributed by atoms with Crippen LogP contribution in [0.3, 0.4) is 0 Å². The Balaban J connectivity index is 0.000000271. The minimum Gasteiger partial charge on any atom is -0.0767 e. The van der Waals surface area contributed by atoms with Crippen molar-refractivity contribution in [2.24, 2.45) is 0 Å². The van der Waals surface area contributed by atoms with E-state index in [1.54, 1.807) is 0 Å². The number of benzene rings is 2. The van der Waals surface area contributed by atoms with Crippen molar-refractivity contribution in [1.29, 1.82) is 0 Å². The summed E-state index contributed by atoms with van der Waals surface area (Å²) in [5.74, 6) is 3.18. The summed E-state index contributed by atoms with van der Waals surface area (Å²) in [5, 5.41) is 0. The zero-order valence-corrected chi connectivity index (χ0v) is 17.2. The average Bonchev–Trinajstić information content (AvgIpc) is 3.14. The second-order valence-corrected chi connectivity index (χ2v) is 7.82. The number of aryl methyl sites for hydroxylation is 1. The van der Waals surface area contributed by atoms with Gasteiger partial charge in [0.15, 0.2) is 23.0 Å². The van der Waals surface area contributed by atoms with E-state index in [0.717, 1.165) is 28.6 Å². The first-order valence-electron chi connectivity index (χ1n) is 7.99. The van der Waals surface area contributed by atoms with Gasteiger partial charge in [0.1, 0.15) is 0 Å². The van der Waals surface area contributed by atoms with E-state index in [0.29, 0.717) is 0 Å². The topological polar surface area (TPSA) is 18.5 Å². The van der Waals surface area contributed by atoms with Crippen LogP contribution in [-0.4, -0.2) is 0 Å². The summed E-state index contributed by atoms with van der Waals surface area (Å²) >= 11 is 0. The van der Waals surface area contributed by atoms with Crippen molar-refractivity contribution in [3.63, 3.8) is 0 Å². The van der Waals surface area contributed by atoms with Crippen LogP contribution >= 0.6 is 7.81 Å². The molecule has 2 aromatic carbocycles. The van der Waals surface area contributed by atoms with Gasteiger partial charge in [-0.25, -0.2) is 0 Å². The fraction of sp³-hybridized carbons (Fsp3) is 0.105. The van der Waals surface area contributed by atoms with E-state index in [9.17, 15) is 25.2 Å². The zero-order valence-electron chi connectivity index (χ0n) is 15.2. The van der Waals surface area contributed by atoms with Crippen LogP contribution in [0.2, 0.25) is 0 Å². The largest absolute Gasteiger partial charge is 0.0767 e. The van der Waals surface area contributed by atoms with Crippen molar-refractivity contribution < 1.29 is 51.7 Å². The minimum absolute atomic E-state index is 0. The molecule has 0 aromatic heterocycles. The predicted octanol–water partition coefficient (Wildman–Crippen LogP) is 8.90. The van der Waals surface area contributed by atoms with Gasteiger partial charge >= 0.3 is 33.0 Å². The van der Waals surface area contributed by atoms with Gasteiger partial charge in [0.05, 0.1) is 0 Å². The number of rotatable bonds is 0. The number of hydrogen-bond acceptors (Lipinski definition) is 2. The van der Waals surface area contributed by atoms with Gasteiger partial charge in [0, 0.05) is 23.5 Å². The van der Waals surface area contributed by atoms with E-state index < -0.39 is 7.81 Å². The minimum atomic E-state index is -10.7. The SMILES string of the molecule is Cc1ccc2c(c1C)Oc1ccccc1O2.F[P-](F)(F)(F)(F)F.[CH]1C=CC=C1.[Fe]. The van der Waals surface area contributed by atoms with Gasteiger partial charge in [-0.3, -0.25) is 0 Å². The summed E-state index contributed by atoms with van der Waals surface area (Å²) < 4.78 is 70.8. The Bertz CT molecular complexity index is 903. The van der Waals surface area contributed by atoms with E-state index in [2.05, 4.69) is 6.92 Å². The quantitative estimate of drug-likeness (QED) is 0.183. The smallest absolute Gasteiger partial charge is 0.00506 e. The molecule has 0 spiro atoms. The first-order chi connectivity index (χ1) is 12.7. The molecule has 1 heterocycles. The average molecular weight is 478 g/mol. The zero-order chi connectivity index (χ0) is 21.1. The molecule has 0 saturated heterocycles. The van der Waals surface area contributed by atoms with Crippen molar-refractivity contribution in [2.75, 3.05) is 0 Å². The van der Waals surface area contributed by atoms with Crippen LogP contribution in [0, 0.1) is 20.3 Å². The van der Waals surface area contributed by atoms with Crippen LogP contribution in [-0.2, 0) is 17.1 Å². The fourth-order valence-electron chi connectivity index (χ4n) is 2.14. The maximum Gasteiger partial charge on any atom is 0.00506 e. The molecule has 2 aliphatic rings. The first-order valence-corrected chi connectivity index (χ1v) is 10.0. The molecule has 0 atom stereocenters. The molecule has 0 amide bonds. The summed E-state index contributed by atoms with van der Waals surface area (Å²) in [6.45, 7) is 4.12. The van der Waals surface area contributed by atoms with Gasteiger partial charge < -0.3 is 9.47 Å². The van der Waals surface area contributed by atoms with Gasteiger partial charge in [-0.2, -0.15) is 0 Å². The molecule has 161 valence electrons. The van der Waals surface area contributed by atoms with E-state index in [4.69, 9.17) is 9.47 Å². The number of para-hydroxylation sites is 2. The molecular weight excluding hydrogens is 461 g/mol. The number of allylic oxidation sites excluding steroid dienone is 4. The molecular formula is C19H17F6FeO2P-. The summed E-state index contributed by atoms with van der Waals surface area (Å²) in [5.41, 5.74) is 2.34. The van der Waals surface area contributed by atoms with Crippen molar-refractivity contribution in [1.82, 2.24) is 0 Å². The van der Waals surface area contributed by atoms with Gasteiger partial charge in [-0.05, 0) is 43.2 Å². The van der Waals surface area contributed by atoms with Crippen molar-refractivity contribution in [3.05, 3.63) is 78.3 Å². The van der Waals surface area contributed by atoms with E-state index in [-0.39, 0.29) is 17.1 Å². The molecule has 29 heavy (non-hydrogen) atoms. The molecule has 10 heteroatoms. The predicted molar refractivity (Wildman–Crippen MR) is 98.7 cm³/mol. The molecule has 2 nitrogen and oxygen atoms in total. The van der Waals surface area contributed by atoms with Crippen molar-refractivity contribution in [3.8, 4) is 23.0 Å². The summed E-state index contributed by atoms with van der Waals surface area (Å²) in [6, 6.07) is 11.7. The number of ether oxygens (including phenoxy) is 2. The number of fused-ring (bicyclic) bond motifs is 2. The standard InChI is InChI=1S/C14H12O2.C5H5.F6P.Fe/c1-9-7-8-13-14(10(9)2)16-12-6-4-3-5-11(12)15-13;1-2-4-5-3-1;1-7(2,3,4,5)6;/h3-8H,1-2H3;1-5H;;/q;;-1;. The van der Waals surface area contributed by atoms with E-state index in [1.165, 1.54) is 5.56 Å². The summed E-state index contributed by atoms with van der Waals surface area (Å²) in [6.07, 6.45) is 10.0. The summed E-state index contributed by atoms with van der Waals surface area (Å²) in [7, 11) is -10.7. The van der Waals surface area contributed by atoms with Gasteiger partial charge in [0.25, 0.3) is 0 Å². The Labute approximate surface area is 174 Å². The molecule has 0 saturated carbocycles. The number of halogens is 6.